The van der Waals surface area contributed by atoms with E-state index in [2.05, 4.69) is 87.6 Å². The van der Waals surface area contributed by atoms with Crippen LogP contribution in [0.15, 0.2) is 59.3 Å². The number of allylic oxidation sites excluding steroid dienone is 2. The maximum Gasteiger partial charge on any atom is 0.0877 e. The Morgan fingerprint density at radius 1 is 0.875 bits per heavy atom. The highest BCUT2D eigenvalue weighted by molar-refractivity contribution is 6.87. The molecule has 122 valence electrons. The minimum atomic E-state index is -1.62. The Morgan fingerprint density at radius 3 is 2.25 bits per heavy atom. The van der Waals surface area contributed by atoms with Gasteiger partial charge in [-0.15, -0.1) is 0 Å². The number of rotatable bonds is 3. The van der Waals surface area contributed by atoms with E-state index < -0.39 is 8.07 Å². The lowest BCUT2D eigenvalue weighted by atomic mass is 10.0. The molecule has 0 fully saturated rings. The maximum atomic E-state index is 2.58. The zero-order chi connectivity index (χ0) is 16.9. The largest absolute Gasteiger partial charge is 0.0877 e. The van der Waals surface area contributed by atoms with Crippen LogP contribution in [0.5, 0.6) is 0 Å². The van der Waals surface area contributed by atoms with E-state index >= 15 is 0 Å². The summed E-state index contributed by atoms with van der Waals surface area (Å²) in [5.41, 5.74) is 8.22. The van der Waals surface area contributed by atoms with Gasteiger partial charge in [0.25, 0.3) is 0 Å². The molecule has 0 radical (unpaired) electrons. The van der Waals surface area contributed by atoms with E-state index in [0.717, 1.165) is 6.42 Å². The van der Waals surface area contributed by atoms with Crippen molar-refractivity contribution in [3.8, 4) is 0 Å². The van der Waals surface area contributed by atoms with Gasteiger partial charge in [0.05, 0.1) is 8.07 Å². The van der Waals surface area contributed by atoms with E-state index in [-0.39, 0.29) is 0 Å². The summed E-state index contributed by atoms with van der Waals surface area (Å²) in [6, 6.07) is 18.0. The van der Waals surface area contributed by atoms with E-state index in [1.807, 2.05) is 0 Å². The topological polar surface area (TPSA) is 0 Å². The van der Waals surface area contributed by atoms with Crippen LogP contribution in [0.4, 0.5) is 0 Å². The summed E-state index contributed by atoms with van der Waals surface area (Å²) in [6.45, 7) is 9.86. The second kappa shape index (κ2) is 5.60. The molecule has 0 aromatic heterocycles. The minimum absolute atomic E-state index is 0.610. The quantitative estimate of drug-likeness (QED) is 0.583. The summed E-state index contributed by atoms with van der Waals surface area (Å²) < 4.78 is 0. The Balaban J connectivity index is 1.78. The molecule has 0 aliphatic heterocycles. The summed E-state index contributed by atoms with van der Waals surface area (Å²) in [7, 11) is -1.62. The fourth-order valence-corrected chi connectivity index (χ4v) is 8.37. The van der Waals surface area contributed by atoms with Crippen molar-refractivity contribution >= 4 is 20.2 Å². The number of hydrogen-bond acceptors (Lipinski definition) is 0. The zero-order valence-corrected chi connectivity index (χ0v) is 16.1. The number of fused-ring (bicyclic) bond motifs is 2. The molecule has 0 spiro atoms. The first-order valence-electron chi connectivity index (χ1n) is 9.08. The molecule has 2 aromatic carbocycles. The highest BCUT2D eigenvalue weighted by atomic mass is 28.3. The molecule has 1 heteroatoms. The van der Waals surface area contributed by atoms with Gasteiger partial charge in [-0.05, 0) is 34.6 Å². The van der Waals surface area contributed by atoms with Crippen LogP contribution in [0.2, 0.25) is 13.1 Å². The third kappa shape index (κ3) is 2.34. The Hall–Kier alpha value is -1.86. The second-order valence-corrected chi connectivity index (χ2v) is 12.8. The Labute approximate surface area is 146 Å². The Morgan fingerprint density at radius 2 is 1.54 bits per heavy atom. The van der Waals surface area contributed by atoms with Crippen LogP contribution in [0.3, 0.4) is 0 Å². The molecular formula is C23H26Si. The van der Waals surface area contributed by atoms with Crippen LogP contribution in [0, 0.1) is 5.92 Å². The second-order valence-electron chi connectivity index (χ2n) is 8.13. The molecule has 1 unspecified atom stereocenters. The lowest BCUT2D eigenvalue weighted by Crippen LogP contribution is -2.39. The fourth-order valence-electron chi connectivity index (χ4n) is 4.53. The van der Waals surface area contributed by atoms with Crippen LogP contribution in [0.25, 0.3) is 12.2 Å². The maximum absolute atomic E-state index is 2.58. The van der Waals surface area contributed by atoms with E-state index in [1.165, 1.54) is 16.7 Å². The van der Waals surface area contributed by atoms with Gasteiger partial charge in [-0.3, -0.25) is 0 Å². The molecule has 2 aromatic rings. The van der Waals surface area contributed by atoms with Crippen LogP contribution < -0.4 is 0 Å². The van der Waals surface area contributed by atoms with Crippen molar-refractivity contribution in [2.24, 2.45) is 5.92 Å². The average Bonchev–Trinajstić information content (AvgIpc) is 3.17. The smallest absolute Gasteiger partial charge is 0.0750 e. The highest BCUT2D eigenvalue weighted by Crippen LogP contribution is 2.49. The van der Waals surface area contributed by atoms with Gasteiger partial charge in [0.15, 0.2) is 0 Å². The molecule has 0 amide bonds. The summed E-state index contributed by atoms with van der Waals surface area (Å²) in [6.07, 6.45) is 6.13. The van der Waals surface area contributed by atoms with Gasteiger partial charge in [0.2, 0.25) is 0 Å². The Kier molecular flexibility index (Phi) is 3.65. The van der Waals surface area contributed by atoms with E-state index in [9.17, 15) is 0 Å². The van der Waals surface area contributed by atoms with Crippen molar-refractivity contribution in [2.75, 3.05) is 0 Å². The molecule has 24 heavy (non-hydrogen) atoms. The van der Waals surface area contributed by atoms with Crippen LogP contribution in [-0.4, -0.2) is 8.07 Å². The molecule has 4 rings (SSSR count). The lowest BCUT2D eigenvalue weighted by molar-refractivity contribution is 0.737. The molecule has 0 heterocycles. The van der Waals surface area contributed by atoms with Gasteiger partial charge >= 0.3 is 0 Å². The molecule has 2 aliphatic rings. The number of hydrogen-bond donors (Lipinski definition) is 0. The van der Waals surface area contributed by atoms with Crippen molar-refractivity contribution in [3.05, 3.63) is 81.6 Å². The summed E-state index contributed by atoms with van der Waals surface area (Å²) in [5, 5.41) is 1.71. The predicted octanol–water partition coefficient (Wildman–Crippen LogP) is 6.25. The lowest BCUT2D eigenvalue weighted by Gasteiger charge is -2.35. The summed E-state index contributed by atoms with van der Waals surface area (Å²) in [5.74, 6) is 0.610. The van der Waals surface area contributed by atoms with Crippen molar-refractivity contribution in [1.82, 2.24) is 0 Å². The first kappa shape index (κ1) is 15.7. The first-order valence-corrected chi connectivity index (χ1v) is 12.2. The molecule has 0 saturated carbocycles. The summed E-state index contributed by atoms with van der Waals surface area (Å²) >= 11 is 0. The predicted molar refractivity (Wildman–Crippen MR) is 108 cm³/mol. The van der Waals surface area contributed by atoms with Crippen LogP contribution in [-0.2, 0) is 6.42 Å². The van der Waals surface area contributed by atoms with Crippen molar-refractivity contribution in [2.45, 2.75) is 38.9 Å². The SMILES string of the molecule is CC(C)C1=Cc2ccccc2C1[Si](C)(C)C1=Cc2ccccc2C1. The van der Waals surface area contributed by atoms with Crippen LogP contribution in [0.1, 0.15) is 41.6 Å². The van der Waals surface area contributed by atoms with Gasteiger partial charge in [-0.25, -0.2) is 0 Å². The molecule has 0 N–H and O–H groups in total. The molecule has 0 saturated heterocycles. The van der Waals surface area contributed by atoms with Crippen molar-refractivity contribution in [1.29, 1.82) is 0 Å². The molecule has 0 nitrogen and oxygen atoms in total. The first-order chi connectivity index (χ1) is 11.5. The average molecular weight is 331 g/mol. The normalized spacial score (nSPS) is 19.1. The Bertz CT molecular complexity index is 852. The molecular weight excluding hydrogens is 304 g/mol. The molecule has 0 bridgehead atoms. The van der Waals surface area contributed by atoms with E-state index in [1.54, 1.807) is 16.3 Å². The van der Waals surface area contributed by atoms with Gasteiger partial charge in [-0.2, -0.15) is 0 Å². The van der Waals surface area contributed by atoms with Gasteiger partial charge in [-0.1, -0.05) is 98.4 Å². The van der Waals surface area contributed by atoms with Gasteiger partial charge in [0, 0.05) is 5.54 Å². The number of benzene rings is 2. The van der Waals surface area contributed by atoms with Crippen LogP contribution >= 0.6 is 0 Å². The van der Waals surface area contributed by atoms with E-state index in [4.69, 9.17) is 0 Å². The van der Waals surface area contributed by atoms with Crippen molar-refractivity contribution in [3.63, 3.8) is 0 Å². The molecule has 1 atom stereocenters. The van der Waals surface area contributed by atoms with Gasteiger partial charge in [0.1, 0.15) is 0 Å². The molecule has 2 aliphatic carbocycles. The standard InChI is InChI=1S/C23H26Si/c1-16(2)22-15-19-11-7-8-12-21(19)23(22)24(3,4)20-13-17-9-5-6-10-18(17)14-20/h5-13,15-16,23H,14H2,1-4H3. The third-order valence-corrected chi connectivity index (χ3v) is 10.0. The highest BCUT2D eigenvalue weighted by Gasteiger charge is 2.43. The third-order valence-electron chi connectivity index (χ3n) is 5.94. The fraction of sp³-hybridized carbons (Fsp3) is 0.304. The zero-order valence-electron chi connectivity index (χ0n) is 15.1. The van der Waals surface area contributed by atoms with Crippen molar-refractivity contribution < 1.29 is 0 Å². The minimum Gasteiger partial charge on any atom is -0.0750 e. The summed E-state index contributed by atoms with van der Waals surface area (Å²) in [4.78, 5) is 0. The van der Waals surface area contributed by atoms with Gasteiger partial charge < -0.3 is 0 Å². The monoisotopic (exact) mass is 330 g/mol. The van der Waals surface area contributed by atoms with E-state index in [0.29, 0.717) is 11.5 Å².